The first-order valence-electron chi connectivity index (χ1n) is 8.52. The summed E-state index contributed by atoms with van der Waals surface area (Å²) in [4.78, 5) is 24.4. The molecule has 0 atom stereocenters. The first-order valence-corrected chi connectivity index (χ1v) is 8.52. The van der Waals surface area contributed by atoms with Gasteiger partial charge in [0.1, 0.15) is 5.58 Å². The van der Waals surface area contributed by atoms with Gasteiger partial charge >= 0.3 is 5.91 Å². The van der Waals surface area contributed by atoms with Crippen molar-refractivity contribution in [2.75, 3.05) is 14.2 Å². The van der Waals surface area contributed by atoms with E-state index in [4.69, 9.17) is 13.9 Å². The largest absolute Gasteiger partial charge is 0.493 e. The maximum absolute atomic E-state index is 12.3. The summed E-state index contributed by atoms with van der Waals surface area (Å²) in [7, 11) is 3.05. The minimum absolute atomic E-state index is 0.153. The highest BCUT2D eigenvalue weighted by Crippen LogP contribution is 2.31. The quantitative estimate of drug-likeness (QED) is 0.524. The first-order chi connectivity index (χ1) is 13.5. The summed E-state index contributed by atoms with van der Waals surface area (Å²) in [6, 6.07) is 12.7. The topological polar surface area (TPSA) is 89.8 Å². The van der Waals surface area contributed by atoms with Gasteiger partial charge in [-0.1, -0.05) is 30.3 Å². The SMILES string of the molecule is COc1cccc(/C=C/C(=O)NNC(=O)c2oc3ccccc3c2C)c1OC. The van der Waals surface area contributed by atoms with Gasteiger partial charge in [0.15, 0.2) is 17.3 Å². The molecule has 0 aliphatic rings. The summed E-state index contributed by atoms with van der Waals surface area (Å²) in [5.74, 6) is 0.177. The normalized spacial score (nSPS) is 10.8. The fourth-order valence-electron chi connectivity index (χ4n) is 2.82. The predicted molar refractivity (Wildman–Crippen MR) is 105 cm³/mol. The number of fused-ring (bicyclic) bond motifs is 1. The van der Waals surface area contributed by atoms with Crippen LogP contribution in [0.15, 0.2) is 53.0 Å². The lowest BCUT2D eigenvalue weighted by atomic mass is 10.1. The number of aryl methyl sites for hydroxylation is 1. The molecule has 0 bridgehead atoms. The van der Waals surface area contributed by atoms with Crippen molar-refractivity contribution in [2.45, 2.75) is 6.92 Å². The van der Waals surface area contributed by atoms with E-state index in [1.165, 1.54) is 20.3 Å². The van der Waals surface area contributed by atoms with Gasteiger partial charge in [0, 0.05) is 22.6 Å². The number of para-hydroxylation sites is 2. The van der Waals surface area contributed by atoms with Crippen LogP contribution in [-0.2, 0) is 4.79 Å². The first kappa shape index (κ1) is 19.0. The summed E-state index contributed by atoms with van der Waals surface area (Å²) >= 11 is 0. The summed E-state index contributed by atoms with van der Waals surface area (Å²) in [6.07, 6.45) is 2.85. The summed E-state index contributed by atoms with van der Waals surface area (Å²) < 4.78 is 16.1. The van der Waals surface area contributed by atoms with Crippen molar-refractivity contribution in [1.82, 2.24) is 10.9 Å². The van der Waals surface area contributed by atoms with E-state index in [1.807, 2.05) is 18.2 Å². The van der Waals surface area contributed by atoms with Crippen LogP contribution in [0.1, 0.15) is 21.7 Å². The number of ether oxygens (including phenoxy) is 2. The number of hydrogen-bond donors (Lipinski definition) is 2. The number of hydrogen-bond acceptors (Lipinski definition) is 5. The van der Waals surface area contributed by atoms with Crippen LogP contribution in [0.3, 0.4) is 0 Å². The van der Waals surface area contributed by atoms with Gasteiger partial charge in [-0.25, -0.2) is 0 Å². The number of rotatable bonds is 5. The second-order valence-electron chi connectivity index (χ2n) is 5.91. The monoisotopic (exact) mass is 380 g/mol. The molecule has 1 aromatic heterocycles. The summed E-state index contributed by atoms with van der Waals surface area (Å²) in [5.41, 5.74) is 6.66. The highest BCUT2D eigenvalue weighted by atomic mass is 16.5. The third-order valence-electron chi connectivity index (χ3n) is 4.20. The van der Waals surface area contributed by atoms with E-state index in [2.05, 4.69) is 10.9 Å². The van der Waals surface area contributed by atoms with Gasteiger partial charge in [-0.3, -0.25) is 20.4 Å². The third-order valence-corrected chi connectivity index (χ3v) is 4.20. The highest BCUT2D eigenvalue weighted by molar-refractivity contribution is 6.00. The van der Waals surface area contributed by atoms with Crippen molar-refractivity contribution in [2.24, 2.45) is 0 Å². The van der Waals surface area contributed by atoms with Gasteiger partial charge in [-0.05, 0) is 25.1 Å². The highest BCUT2D eigenvalue weighted by Gasteiger charge is 2.17. The van der Waals surface area contributed by atoms with Crippen molar-refractivity contribution in [3.8, 4) is 11.5 Å². The Bertz CT molecular complexity index is 1050. The zero-order valence-corrected chi connectivity index (χ0v) is 15.7. The minimum Gasteiger partial charge on any atom is -0.493 e. The van der Waals surface area contributed by atoms with Crippen LogP contribution in [-0.4, -0.2) is 26.0 Å². The van der Waals surface area contributed by atoms with Crippen LogP contribution >= 0.6 is 0 Å². The Morgan fingerprint density at radius 3 is 2.50 bits per heavy atom. The Labute approximate surface area is 161 Å². The van der Waals surface area contributed by atoms with Gasteiger partial charge in [0.2, 0.25) is 0 Å². The number of carbonyl (C=O) groups is 2. The molecule has 144 valence electrons. The number of methoxy groups -OCH3 is 2. The zero-order valence-electron chi connectivity index (χ0n) is 15.7. The molecule has 0 spiro atoms. The van der Waals surface area contributed by atoms with E-state index < -0.39 is 11.8 Å². The van der Waals surface area contributed by atoms with Crippen LogP contribution in [0.25, 0.3) is 17.0 Å². The average Bonchev–Trinajstić information content (AvgIpc) is 3.06. The molecule has 0 aliphatic heterocycles. The van der Waals surface area contributed by atoms with E-state index in [1.54, 1.807) is 37.3 Å². The van der Waals surface area contributed by atoms with Crippen molar-refractivity contribution in [3.05, 3.63) is 65.4 Å². The number of nitrogens with one attached hydrogen (secondary N) is 2. The molecule has 3 aromatic rings. The van der Waals surface area contributed by atoms with Gasteiger partial charge < -0.3 is 13.9 Å². The van der Waals surface area contributed by atoms with E-state index in [9.17, 15) is 9.59 Å². The smallest absolute Gasteiger partial charge is 0.305 e. The lowest BCUT2D eigenvalue weighted by Crippen LogP contribution is -2.40. The number of furan rings is 1. The Morgan fingerprint density at radius 2 is 1.79 bits per heavy atom. The third kappa shape index (κ3) is 3.83. The van der Waals surface area contributed by atoms with Crippen molar-refractivity contribution < 1.29 is 23.5 Å². The van der Waals surface area contributed by atoms with Crippen molar-refractivity contribution in [1.29, 1.82) is 0 Å². The molecule has 2 aromatic carbocycles. The molecule has 28 heavy (non-hydrogen) atoms. The van der Waals surface area contributed by atoms with E-state index in [0.29, 0.717) is 28.2 Å². The summed E-state index contributed by atoms with van der Waals surface area (Å²) in [5, 5.41) is 0.851. The number of carbonyl (C=O) groups excluding carboxylic acids is 2. The molecular formula is C21H20N2O5. The standard InChI is InChI=1S/C21H20N2O5/c1-13-15-8-4-5-9-16(15)28-19(13)21(25)23-22-18(24)12-11-14-7-6-10-17(26-2)20(14)27-3/h4-12H,1-3H3,(H,22,24)(H,23,25)/b12-11+. The van der Waals surface area contributed by atoms with Gasteiger partial charge in [-0.15, -0.1) is 0 Å². The van der Waals surface area contributed by atoms with Crippen LogP contribution < -0.4 is 20.3 Å². The van der Waals surface area contributed by atoms with Gasteiger partial charge in [0.25, 0.3) is 5.91 Å². The lowest BCUT2D eigenvalue weighted by Gasteiger charge is -2.09. The van der Waals surface area contributed by atoms with Crippen LogP contribution in [0.5, 0.6) is 11.5 Å². The van der Waals surface area contributed by atoms with E-state index in [0.717, 1.165) is 5.39 Å². The molecule has 1 heterocycles. The van der Waals surface area contributed by atoms with Crippen LogP contribution in [0, 0.1) is 6.92 Å². The Morgan fingerprint density at radius 1 is 1.00 bits per heavy atom. The lowest BCUT2D eigenvalue weighted by molar-refractivity contribution is -0.117. The molecule has 2 N–H and O–H groups in total. The van der Waals surface area contributed by atoms with Gasteiger partial charge in [-0.2, -0.15) is 0 Å². The minimum atomic E-state index is -0.533. The fraction of sp³-hybridized carbons (Fsp3) is 0.143. The van der Waals surface area contributed by atoms with E-state index >= 15 is 0 Å². The molecule has 0 saturated heterocycles. The maximum Gasteiger partial charge on any atom is 0.305 e. The van der Waals surface area contributed by atoms with Crippen LogP contribution in [0.2, 0.25) is 0 Å². The number of hydrazine groups is 1. The predicted octanol–water partition coefficient (Wildman–Crippen LogP) is 3.23. The molecule has 3 rings (SSSR count). The second kappa shape index (κ2) is 8.30. The molecule has 0 aliphatic carbocycles. The molecule has 7 heteroatoms. The average molecular weight is 380 g/mol. The molecule has 0 saturated carbocycles. The summed E-state index contributed by atoms with van der Waals surface area (Å²) in [6.45, 7) is 1.79. The number of amides is 2. The fourth-order valence-corrected chi connectivity index (χ4v) is 2.82. The van der Waals surface area contributed by atoms with Gasteiger partial charge in [0.05, 0.1) is 14.2 Å². The second-order valence-corrected chi connectivity index (χ2v) is 5.91. The molecule has 0 unspecified atom stereocenters. The van der Waals surface area contributed by atoms with E-state index in [-0.39, 0.29) is 5.76 Å². The molecule has 7 nitrogen and oxygen atoms in total. The van der Waals surface area contributed by atoms with Crippen LogP contribution in [0.4, 0.5) is 0 Å². The molecular weight excluding hydrogens is 360 g/mol. The molecule has 0 radical (unpaired) electrons. The van der Waals surface area contributed by atoms with Crippen molar-refractivity contribution >= 4 is 28.9 Å². The van der Waals surface area contributed by atoms with Crippen molar-refractivity contribution in [3.63, 3.8) is 0 Å². The maximum atomic E-state index is 12.3. The Hall–Kier alpha value is -3.74. The Balaban J connectivity index is 1.66. The number of benzene rings is 2. The zero-order chi connectivity index (χ0) is 20.1. The molecule has 0 fully saturated rings. The molecule has 2 amide bonds. The Kier molecular flexibility index (Phi) is 5.64.